The first kappa shape index (κ1) is 23.3. The molecule has 3 aliphatic heterocycles. The van der Waals surface area contributed by atoms with Crippen LogP contribution < -0.4 is 0 Å². The lowest BCUT2D eigenvalue weighted by Gasteiger charge is -2.48. The highest BCUT2D eigenvalue weighted by molar-refractivity contribution is 9.11. The third-order valence-corrected chi connectivity index (χ3v) is 10.9. The second-order valence-electron chi connectivity index (χ2n) is 9.60. The smallest absolute Gasteiger partial charge is 0.349 e. The molecule has 3 fully saturated rings. The Balaban J connectivity index is 1.23. The van der Waals surface area contributed by atoms with E-state index in [0.29, 0.717) is 9.75 Å². The van der Waals surface area contributed by atoms with Crippen molar-refractivity contribution in [3.8, 4) is 0 Å². The number of ether oxygens (including phenoxy) is 2. The summed E-state index contributed by atoms with van der Waals surface area (Å²) in [7, 11) is 2.31. The van der Waals surface area contributed by atoms with E-state index in [1.165, 1.54) is 28.2 Å². The molecule has 1 N–H and O–H groups in total. The average molecular weight is 626 g/mol. The van der Waals surface area contributed by atoms with Crippen LogP contribution in [-0.2, 0) is 26.4 Å². The van der Waals surface area contributed by atoms with Crippen LogP contribution in [-0.4, -0.2) is 53.0 Å². The number of likely N-dealkylation sites (N-methyl/N-ethyl adjacent to an activating group) is 1. The number of benzene rings is 1. The van der Waals surface area contributed by atoms with Gasteiger partial charge in [-0.3, -0.25) is 0 Å². The summed E-state index contributed by atoms with van der Waals surface area (Å²) in [6.07, 6.45) is 1.67. The highest BCUT2D eigenvalue weighted by Crippen LogP contribution is 2.54. The number of rotatable bonds is 6. The van der Waals surface area contributed by atoms with E-state index in [0.717, 1.165) is 32.8 Å². The first-order valence-electron chi connectivity index (χ1n) is 11.3. The first-order valence-corrected chi connectivity index (χ1v) is 14.6. The van der Waals surface area contributed by atoms with Crippen molar-refractivity contribution in [1.29, 1.82) is 0 Å². The van der Waals surface area contributed by atoms with Gasteiger partial charge in [-0.1, -0.05) is 44.0 Å². The minimum atomic E-state index is -1.77. The molecule has 178 valence electrons. The van der Waals surface area contributed by atoms with E-state index in [2.05, 4.69) is 51.0 Å². The summed E-state index contributed by atoms with van der Waals surface area (Å²) in [5, 5.41) is 15.3. The zero-order chi connectivity index (χ0) is 23.7. The molecule has 0 aliphatic carbocycles. The molecular formula is C25H24Br2NO4S2+. The Hall–Kier alpha value is -1.07. The Morgan fingerprint density at radius 3 is 2.29 bits per heavy atom. The number of fused-ring (bicyclic) bond motifs is 5. The fraction of sp³-hybridized carbons (Fsp3) is 0.400. The Kier molecular flexibility index (Phi) is 5.84. The summed E-state index contributed by atoms with van der Waals surface area (Å²) < 4.78 is 15.2. The van der Waals surface area contributed by atoms with Gasteiger partial charge >= 0.3 is 5.97 Å². The lowest BCUT2D eigenvalue weighted by Crippen LogP contribution is -2.62. The Morgan fingerprint density at radius 2 is 1.74 bits per heavy atom. The van der Waals surface area contributed by atoms with E-state index in [4.69, 9.17) is 9.47 Å². The molecule has 9 heteroatoms. The Bertz CT molecular complexity index is 1160. The molecule has 0 amide bonds. The number of piperidine rings is 1. The van der Waals surface area contributed by atoms with E-state index < -0.39 is 11.6 Å². The minimum absolute atomic E-state index is 0.220. The number of carbonyl (C=O) groups excluding carboxylic acids is 1. The van der Waals surface area contributed by atoms with Gasteiger partial charge in [0.1, 0.15) is 36.9 Å². The number of nitrogens with zero attached hydrogens (tertiary/aromatic N) is 1. The van der Waals surface area contributed by atoms with Gasteiger partial charge in [-0.05, 0) is 41.1 Å². The fourth-order valence-corrected chi connectivity index (χ4v) is 8.44. The number of thiophene rings is 2. The van der Waals surface area contributed by atoms with E-state index in [9.17, 15) is 9.90 Å². The highest BCUT2D eigenvalue weighted by Gasteiger charge is 2.72. The van der Waals surface area contributed by atoms with Crippen molar-refractivity contribution in [3.05, 3.63) is 77.5 Å². The molecular weight excluding hydrogens is 602 g/mol. The molecule has 0 saturated carbocycles. The molecule has 4 atom stereocenters. The number of hydrogen-bond acceptors (Lipinski definition) is 6. The predicted molar refractivity (Wildman–Crippen MR) is 139 cm³/mol. The van der Waals surface area contributed by atoms with Crippen molar-refractivity contribution in [2.45, 2.75) is 55.4 Å². The molecule has 3 aromatic rings. The normalized spacial score (nSPS) is 31.8. The van der Waals surface area contributed by atoms with E-state index in [-0.39, 0.29) is 30.4 Å². The standard InChI is InChI=1S/C25H24Br2NO4S2/c1-28(13-14-10-15(26)6-7-17(14)27)18-11-16(12-19(28)23-22(18)32-23)31-24(29)25(30,20-4-2-8-33-20)21-5-3-9-34-21/h2-10,16,18-19,22-23,30H,11-13H2,1H3/q+1. The summed E-state index contributed by atoms with van der Waals surface area (Å²) >= 11 is 10.1. The van der Waals surface area contributed by atoms with E-state index in [1.807, 2.05) is 29.0 Å². The van der Waals surface area contributed by atoms with Crippen molar-refractivity contribution < 1.29 is 23.9 Å². The van der Waals surface area contributed by atoms with E-state index >= 15 is 0 Å². The van der Waals surface area contributed by atoms with Crippen molar-refractivity contribution in [3.63, 3.8) is 0 Å². The summed E-state index contributed by atoms with van der Waals surface area (Å²) in [5.74, 6) is -0.581. The molecule has 0 spiro atoms. The van der Waals surface area contributed by atoms with Gasteiger partial charge in [0.2, 0.25) is 5.60 Å². The van der Waals surface area contributed by atoms with Crippen LogP contribution >= 0.6 is 54.5 Å². The molecule has 5 heterocycles. The van der Waals surface area contributed by atoms with Crippen LogP contribution in [0.15, 0.2) is 62.2 Å². The zero-order valence-electron chi connectivity index (χ0n) is 18.4. The molecule has 2 aromatic heterocycles. The van der Waals surface area contributed by atoms with Crippen LogP contribution in [0, 0.1) is 0 Å². The van der Waals surface area contributed by atoms with Gasteiger partial charge in [-0.15, -0.1) is 22.7 Å². The fourth-order valence-electron chi connectivity index (χ4n) is 5.95. The maximum absolute atomic E-state index is 13.5. The number of carbonyl (C=O) groups is 1. The second-order valence-corrected chi connectivity index (χ2v) is 13.3. The maximum atomic E-state index is 13.5. The van der Waals surface area contributed by atoms with Crippen LogP contribution in [0.3, 0.4) is 0 Å². The molecule has 6 rings (SSSR count). The van der Waals surface area contributed by atoms with Crippen LogP contribution in [0.5, 0.6) is 0 Å². The van der Waals surface area contributed by atoms with Crippen LogP contribution in [0.1, 0.15) is 28.2 Å². The van der Waals surface area contributed by atoms with Crippen molar-refractivity contribution in [1.82, 2.24) is 0 Å². The van der Waals surface area contributed by atoms with Crippen molar-refractivity contribution >= 4 is 60.5 Å². The van der Waals surface area contributed by atoms with Crippen molar-refractivity contribution in [2.24, 2.45) is 0 Å². The first-order chi connectivity index (χ1) is 16.3. The van der Waals surface area contributed by atoms with Gasteiger partial charge < -0.3 is 19.1 Å². The minimum Gasteiger partial charge on any atom is -0.459 e. The van der Waals surface area contributed by atoms with Gasteiger partial charge in [0, 0.05) is 27.4 Å². The lowest BCUT2D eigenvalue weighted by atomic mass is 9.93. The number of morpholine rings is 1. The summed E-state index contributed by atoms with van der Waals surface area (Å²) in [6.45, 7) is 0.890. The van der Waals surface area contributed by atoms with Gasteiger partial charge in [-0.25, -0.2) is 4.79 Å². The highest BCUT2D eigenvalue weighted by atomic mass is 79.9. The van der Waals surface area contributed by atoms with Gasteiger partial charge in [-0.2, -0.15) is 0 Å². The lowest BCUT2D eigenvalue weighted by molar-refractivity contribution is -0.968. The topological polar surface area (TPSA) is 59.1 Å². The quantitative estimate of drug-likeness (QED) is 0.225. The number of epoxide rings is 1. The number of hydrogen-bond donors (Lipinski definition) is 1. The summed E-state index contributed by atoms with van der Waals surface area (Å²) in [6, 6.07) is 14.1. The Morgan fingerprint density at radius 1 is 1.12 bits per heavy atom. The predicted octanol–water partition coefficient (Wildman–Crippen LogP) is 5.44. The third kappa shape index (κ3) is 3.67. The van der Waals surface area contributed by atoms with Crippen LogP contribution in [0.2, 0.25) is 0 Å². The summed E-state index contributed by atoms with van der Waals surface area (Å²) in [5.41, 5.74) is -0.509. The summed E-state index contributed by atoms with van der Waals surface area (Å²) in [4.78, 5) is 14.7. The van der Waals surface area contributed by atoms with Crippen LogP contribution in [0.25, 0.3) is 0 Å². The third-order valence-electron chi connectivity index (χ3n) is 7.69. The zero-order valence-corrected chi connectivity index (χ0v) is 23.2. The monoisotopic (exact) mass is 624 g/mol. The number of quaternary nitrogens is 1. The number of halogens is 2. The van der Waals surface area contributed by atoms with Crippen molar-refractivity contribution in [2.75, 3.05) is 7.05 Å². The van der Waals surface area contributed by atoms with Crippen LogP contribution in [0.4, 0.5) is 0 Å². The molecule has 2 bridgehead atoms. The maximum Gasteiger partial charge on any atom is 0.349 e. The van der Waals surface area contributed by atoms with E-state index in [1.54, 1.807) is 12.1 Å². The number of aliphatic hydroxyl groups is 1. The van der Waals surface area contributed by atoms with Gasteiger partial charge in [0.15, 0.2) is 0 Å². The largest absolute Gasteiger partial charge is 0.459 e. The molecule has 1 aromatic carbocycles. The molecule has 5 nitrogen and oxygen atoms in total. The second kappa shape index (κ2) is 8.50. The average Bonchev–Trinajstić information content (AvgIpc) is 3.16. The van der Waals surface area contributed by atoms with Gasteiger partial charge in [0.05, 0.1) is 16.8 Å². The molecule has 34 heavy (non-hydrogen) atoms. The Labute approximate surface area is 223 Å². The number of esters is 1. The SMILES string of the molecule is C[N+]1(Cc2cc(Br)ccc2Br)C2CC(OC(=O)C(O)(c3cccs3)c3cccs3)CC1C1OC12. The molecule has 3 aliphatic rings. The molecule has 4 unspecified atom stereocenters. The molecule has 3 saturated heterocycles. The van der Waals surface area contributed by atoms with Gasteiger partial charge in [0.25, 0.3) is 0 Å². The molecule has 0 radical (unpaired) electrons.